The van der Waals surface area contributed by atoms with Gasteiger partial charge in [0.15, 0.2) is 6.10 Å². The number of carbonyl (C=O) groups excluding carboxylic acids is 1. The van der Waals surface area contributed by atoms with Crippen molar-refractivity contribution < 1.29 is 29.0 Å². The fraction of sp³-hybridized carbons (Fsp3) is 0.174. The molecule has 9 nitrogen and oxygen atoms in total. The molecule has 1 amide bonds. The van der Waals surface area contributed by atoms with Crippen molar-refractivity contribution in [2.24, 2.45) is 0 Å². The molecule has 0 bridgehead atoms. The number of benzene rings is 2. The Morgan fingerprint density at radius 2 is 1.94 bits per heavy atom. The van der Waals surface area contributed by atoms with Crippen LogP contribution in [0.5, 0.6) is 11.5 Å². The molecular weight excluding hydrogens is 416 g/mol. The number of rotatable bonds is 7. The number of aliphatic carboxylic acids is 1. The summed E-state index contributed by atoms with van der Waals surface area (Å²) in [5, 5.41) is 23.2. The number of aromatic hydroxyl groups is 1. The predicted octanol–water partition coefficient (Wildman–Crippen LogP) is 2.56. The SMILES string of the molecule is C[C@@H](Oc1ccc2ccc(=O)oc2c1)C(=O)N[C@@H](Cc1c[nH]c2ccc(O)cc12)C(=O)O. The minimum absolute atomic E-state index is 0.0123. The van der Waals surface area contributed by atoms with Crippen LogP contribution in [0.15, 0.2) is 63.9 Å². The quantitative estimate of drug-likeness (QED) is 0.326. The first-order chi connectivity index (χ1) is 15.3. The topological polar surface area (TPSA) is 142 Å². The maximum absolute atomic E-state index is 12.6. The summed E-state index contributed by atoms with van der Waals surface area (Å²) in [6.45, 7) is 1.49. The van der Waals surface area contributed by atoms with Crippen LogP contribution in [0.2, 0.25) is 0 Å². The van der Waals surface area contributed by atoms with E-state index in [1.165, 1.54) is 31.2 Å². The highest BCUT2D eigenvalue weighted by atomic mass is 16.5. The third-order valence-corrected chi connectivity index (χ3v) is 5.07. The number of hydrogen-bond donors (Lipinski definition) is 4. The number of ether oxygens (including phenoxy) is 1. The van der Waals surface area contributed by atoms with Crippen LogP contribution in [-0.4, -0.2) is 39.2 Å². The van der Waals surface area contributed by atoms with E-state index in [1.54, 1.807) is 30.5 Å². The molecule has 0 aliphatic heterocycles. The van der Waals surface area contributed by atoms with Crippen LogP contribution in [0, 0.1) is 0 Å². The number of phenolic OH excluding ortho intramolecular Hbond substituents is 1. The average Bonchev–Trinajstić information content (AvgIpc) is 3.14. The van der Waals surface area contributed by atoms with E-state index >= 15 is 0 Å². The van der Waals surface area contributed by atoms with E-state index in [-0.39, 0.29) is 12.2 Å². The molecule has 4 aromatic rings. The van der Waals surface area contributed by atoms with Crippen LogP contribution in [0.1, 0.15) is 12.5 Å². The first kappa shape index (κ1) is 21.0. The summed E-state index contributed by atoms with van der Waals surface area (Å²) < 4.78 is 10.7. The summed E-state index contributed by atoms with van der Waals surface area (Å²) >= 11 is 0. The molecule has 0 saturated carbocycles. The van der Waals surface area contributed by atoms with Crippen molar-refractivity contribution in [1.29, 1.82) is 0 Å². The van der Waals surface area contributed by atoms with Crippen molar-refractivity contribution in [3.63, 3.8) is 0 Å². The van der Waals surface area contributed by atoms with E-state index in [1.807, 2.05) is 0 Å². The van der Waals surface area contributed by atoms with Crippen LogP contribution in [0.25, 0.3) is 21.9 Å². The summed E-state index contributed by atoms with van der Waals surface area (Å²) in [7, 11) is 0. The van der Waals surface area contributed by atoms with Crippen LogP contribution in [0.3, 0.4) is 0 Å². The Bertz CT molecular complexity index is 1370. The smallest absolute Gasteiger partial charge is 0.336 e. The minimum atomic E-state index is -1.20. The van der Waals surface area contributed by atoms with Gasteiger partial charge in [0.05, 0.1) is 0 Å². The summed E-state index contributed by atoms with van der Waals surface area (Å²) in [5.41, 5.74) is 1.19. The third-order valence-electron chi connectivity index (χ3n) is 5.07. The average molecular weight is 436 g/mol. The van der Waals surface area contributed by atoms with Gasteiger partial charge in [0.25, 0.3) is 5.91 Å². The van der Waals surface area contributed by atoms with Gasteiger partial charge >= 0.3 is 11.6 Å². The van der Waals surface area contributed by atoms with E-state index in [4.69, 9.17) is 9.15 Å². The monoisotopic (exact) mass is 436 g/mol. The number of aromatic amines is 1. The number of carbonyl (C=O) groups is 2. The molecule has 0 fully saturated rings. The third kappa shape index (κ3) is 4.41. The summed E-state index contributed by atoms with van der Waals surface area (Å²) in [5.74, 6) is -1.46. The van der Waals surface area contributed by atoms with E-state index in [9.17, 15) is 24.6 Å². The number of aromatic nitrogens is 1. The van der Waals surface area contributed by atoms with E-state index in [0.29, 0.717) is 27.7 Å². The highest BCUT2D eigenvalue weighted by Gasteiger charge is 2.25. The maximum atomic E-state index is 12.6. The van der Waals surface area contributed by atoms with Crippen molar-refractivity contribution >= 4 is 33.7 Å². The van der Waals surface area contributed by atoms with Gasteiger partial charge in [-0.25, -0.2) is 9.59 Å². The summed E-state index contributed by atoms with van der Waals surface area (Å²) in [6.07, 6.45) is 0.657. The Morgan fingerprint density at radius 1 is 1.16 bits per heavy atom. The molecule has 0 aliphatic rings. The first-order valence-corrected chi connectivity index (χ1v) is 9.83. The van der Waals surface area contributed by atoms with E-state index in [0.717, 1.165) is 5.52 Å². The minimum Gasteiger partial charge on any atom is -0.508 e. The molecule has 0 saturated heterocycles. The second-order valence-corrected chi connectivity index (χ2v) is 7.36. The second-order valence-electron chi connectivity index (χ2n) is 7.36. The van der Waals surface area contributed by atoms with Crippen LogP contribution >= 0.6 is 0 Å². The lowest BCUT2D eigenvalue weighted by Gasteiger charge is -2.19. The fourth-order valence-corrected chi connectivity index (χ4v) is 3.42. The number of fused-ring (bicyclic) bond motifs is 2. The lowest BCUT2D eigenvalue weighted by molar-refractivity contribution is -0.142. The van der Waals surface area contributed by atoms with E-state index < -0.39 is 29.6 Å². The molecule has 4 N–H and O–H groups in total. The molecule has 0 unspecified atom stereocenters. The van der Waals surface area contributed by atoms with Crippen molar-refractivity contribution in [2.45, 2.75) is 25.5 Å². The number of carboxylic acids is 1. The Balaban J connectivity index is 1.47. The molecule has 32 heavy (non-hydrogen) atoms. The van der Waals surface area contributed by atoms with Gasteiger partial charge < -0.3 is 29.7 Å². The summed E-state index contributed by atoms with van der Waals surface area (Å²) in [4.78, 5) is 38.8. The Labute approximate surface area is 181 Å². The number of phenols is 1. The zero-order chi connectivity index (χ0) is 22.8. The van der Waals surface area contributed by atoms with Gasteiger partial charge in [0, 0.05) is 41.0 Å². The normalized spacial score (nSPS) is 13.0. The molecule has 164 valence electrons. The second kappa shape index (κ2) is 8.46. The molecule has 0 radical (unpaired) electrons. The van der Waals surface area contributed by atoms with Gasteiger partial charge in [-0.3, -0.25) is 4.79 Å². The molecule has 4 rings (SSSR count). The van der Waals surface area contributed by atoms with Gasteiger partial charge in [-0.2, -0.15) is 0 Å². The van der Waals surface area contributed by atoms with Gasteiger partial charge in [-0.15, -0.1) is 0 Å². The Kier molecular flexibility index (Phi) is 5.55. The lowest BCUT2D eigenvalue weighted by Crippen LogP contribution is -2.47. The molecular formula is C23H20N2O7. The predicted molar refractivity (Wildman–Crippen MR) is 116 cm³/mol. The molecule has 9 heteroatoms. The van der Waals surface area contributed by atoms with Crippen molar-refractivity contribution in [3.05, 3.63) is 70.7 Å². The lowest BCUT2D eigenvalue weighted by atomic mass is 10.0. The zero-order valence-corrected chi connectivity index (χ0v) is 17.0. The van der Waals surface area contributed by atoms with Gasteiger partial charge in [0.1, 0.15) is 23.1 Å². The largest absolute Gasteiger partial charge is 0.508 e. The number of amides is 1. The number of nitrogens with one attached hydrogen (secondary N) is 2. The van der Waals surface area contributed by atoms with Crippen LogP contribution in [0.4, 0.5) is 0 Å². The Hall–Kier alpha value is -4.27. The first-order valence-electron chi connectivity index (χ1n) is 9.83. The molecule has 2 atom stereocenters. The molecule has 0 spiro atoms. The van der Waals surface area contributed by atoms with Crippen LogP contribution in [-0.2, 0) is 16.0 Å². The number of carboxylic acid groups (broad SMARTS) is 1. The van der Waals surface area contributed by atoms with E-state index in [2.05, 4.69) is 10.3 Å². The molecule has 2 aromatic heterocycles. The van der Waals surface area contributed by atoms with Gasteiger partial charge in [-0.05, 0) is 48.9 Å². The zero-order valence-electron chi connectivity index (χ0n) is 17.0. The van der Waals surface area contributed by atoms with Crippen molar-refractivity contribution in [2.75, 3.05) is 0 Å². The molecule has 2 heterocycles. The standard InChI is InChI=1S/C23H20N2O7/c1-12(31-16-5-2-13-3-7-21(27)32-20(13)10-16)22(28)25-19(23(29)30)8-14-11-24-18-6-4-15(26)9-17(14)18/h2-7,9-12,19,24,26H,8H2,1H3,(H,25,28)(H,29,30)/t12-,19+/m1/s1. The highest BCUT2D eigenvalue weighted by Crippen LogP contribution is 2.24. The fourth-order valence-electron chi connectivity index (χ4n) is 3.42. The highest BCUT2D eigenvalue weighted by molar-refractivity contribution is 5.88. The van der Waals surface area contributed by atoms with Crippen LogP contribution < -0.4 is 15.7 Å². The Morgan fingerprint density at radius 3 is 2.72 bits per heavy atom. The number of hydrogen-bond acceptors (Lipinski definition) is 6. The molecule has 0 aliphatic carbocycles. The van der Waals surface area contributed by atoms with Gasteiger partial charge in [0.2, 0.25) is 0 Å². The maximum Gasteiger partial charge on any atom is 0.336 e. The van der Waals surface area contributed by atoms with Crippen molar-refractivity contribution in [1.82, 2.24) is 10.3 Å². The number of H-pyrrole nitrogens is 1. The molecule has 2 aromatic carbocycles. The summed E-state index contributed by atoms with van der Waals surface area (Å²) in [6, 6.07) is 11.3. The van der Waals surface area contributed by atoms with Crippen molar-refractivity contribution in [3.8, 4) is 11.5 Å². The van der Waals surface area contributed by atoms with Gasteiger partial charge in [-0.1, -0.05) is 0 Å².